The molecule has 2 aromatic carbocycles. The molecule has 2 heterocycles. The van der Waals surface area contributed by atoms with Gasteiger partial charge in [-0.1, -0.05) is 36.4 Å². The van der Waals surface area contributed by atoms with Crippen molar-refractivity contribution in [1.29, 1.82) is 0 Å². The van der Waals surface area contributed by atoms with Crippen LogP contribution in [-0.2, 0) is 6.61 Å². The smallest absolute Gasteiger partial charge is 0.265 e. The van der Waals surface area contributed by atoms with Crippen LogP contribution in [0.2, 0.25) is 0 Å². The summed E-state index contributed by atoms with van der Waals surface area (Å²) in [5, 5.41) is 0. The highest BCUT2D eigenvalue weighted by Crippen LogP contribution is 2.36. The van der Waals surface area contributed by atoms with Crippen molar-refractivity contribution in [2.45, 2.75) is 6.61 Å². The maximum Gasteiger partial charge on any atom is 0.265 e. The average Bonchev–Trinajstić information content (AvgIpc) is 3.04. The minimum absolute atomic E-state index is 0.0106. The van der Waals surface area contributed by atoms with E-state index in [4.69, 9.17) is 20.3 Å². The quantitative estimate of drug-likeness (QED) is 0.592. The van der Waals surface area contributed by atoms with Gasteiger partial charge in [0.1, 0.15) is 30.0 Å². The van der Waals surface area contributed by atoms with Crippen LogP contribution in [-0.4, -0.2) is 23.8 Å². The van der Waals surface area contributed by atoms with E-state index in [9.17, 15) is 0 Å². The van der Waals surface area contributed by atoms with Crippen LogP contribution in [0.4, 0.5) is 0 Å². The van der Waals surface area contributed by atoms with Crippen LogP contribution < -0.4 is 15.3 Å². The van der Waals surface area contributed by atoms with Gasteiger partial charge >= 0.3 is 0 Å². The van der Waals surface area contributed by atoms with E-state index in [1.54, 1.807) is 19.5 Å². The summed E-state index contributed by atoms with van der Waals surface area (Å²) in [6, 6.07) is 15.7. The molecule has 0 radical (unpaired) electrons. The molecular weight excluding hydrogens is 376 g/mol. The Morgan fingerprint density at radius 1 is 1.07 bits per heavy atom. The number of methoxy groups -OCH3 is 1. The molecule has 0 bridgehead atoms. The first-order valence-corrected chi connectivity index (χ1v) is 9.64. The molecule has 3 aliphatic rings. The van der Waals surface area contributed by atoms with Crippen LogP contribution in [0.25, 0.3) is 0 Å². The van der Waals surface area contributed by atoms with E-state index in [1.807, 2.05) is 73.0 Å². The Morgan fingerprint density at radius 2 is 1.90 bits per heavy atom. The maximum atomic E-state index is 6.76. The van der Waals surface area contributed by atoms with Gasteiger partial charge in [-0.2, -0.15) is 10.8 Å². The van der Waals surface area contributed by atoms with Gasteiger partial charge in [-0.25, -0.2) is 0 Å². The number of allylic oxidation sites excluding steroid dienone is 4. The van der Waals surface area contributed by atoms with Crippen LogP contribution in [0.3, 0.4) is 0 Å². The van der Waals surface area contributed by atoms with E-state index in [1.165, 1.54) is 0 Å². The highest BCUT2D eigenvalue weighted by molar-refractivity contribution is 6.01. The molecule has 1 unspecified atom stereocenters. The molecule has 30 heavy (non-hydrogen) atoms. The Morgan fingerprint density at radius 3 is 2.70 bits per heavy atom. The number of amidine groups is 1. The molecule has 0 saturated heterocycles. The van der Waals surface area contributed by atoms with E-state index >= 15 is 0 Å². The number of rotatable bonds is 6. The molecule has 0 spiro atoms. The highest BCUT2D eigenvalue weighted by Gasteiger charge is 2.44. The van der Waals surface area contributed by atoms with Crippen LogP contribution in [0.5, 0.6) is 11.5 Å². The van der Waals surface area contributed by atoms with Gasteiger partial charge < -0.3 is 9.47 Å². The van der Waals surface area contributed by atoms with Gasteiger partial charge in [-0.3, -0.25) is 4.99 Å². The standard InChI is InChI=1S/C24H21N4O2/c1-29-20-9-2-5-17(13-20)16-30-21-10-4-8-19(14-21)24-27-23(18-6-3-7-18)22-15-26-11-12-28(22,24)25/h2-15H,16,25H2,1H3/q+1. The SMILES string of the molecule is COc1cccc(COc2cccc(C3=NC(C4=CC=C4)=C4C=NC=C[N+]34N)c2)c1. The van der Waals surface area contributed by atoms with Crippen molar-refractivity contribution < 1.29 is 14.1 Å². The fourth-order valence-corrected chi connectivity index (χ4v) is 3.59. The average molecular weight is 397 g/mol. The summed E-state index contributed by atoms with van der Waals surface area (Å²) in [6.07, 6.45) is 11.4. The summed E-state index contributed by atoms with van der Waals surface area (Å²) in [7, 11) is 1.66. The molecule has 2 N–H and O–H groups in total. The predicted molar refractivity (Wildman–Crippen MR) is 117 cm³/mol. The number of ether oxygens (including phenoxy) is 2. The van der Waals surface area contributed by atoms with E-state index in [0.29, 0.717) is 6.61 Å². The van der Waals surface area contributed by atoms with Crippen LogP contribution in [0, 0.1) is 0 Å². The van der Waals surface area contributed by atoms with Gasteiger partial charge in [0.2, 0.25) is 5.70 Å². The molecule has 1 atom stereocenters. The first-order chi connectivity index (χ1) is 14.7. The minimum Gasteiger partial charge on any atom is -0.497 e. The Balaban J connectivity index is 1.42. The number of fused-ring (bicyclic) bond motifs is 1. The number of quaternary nitrogens is 1. The topological polar surface area (TPSA) is 69.2 Å². The summed E-state index contributed by atoms with van der Waals surface area (Å²) in [5.41, 5.74) is 4.69. The first-order valence-electron chi connectivity index (χ1n) is 9.64. The molecule has 0 amide bonds. The first kappa shape index (κ1) is 18.3. The fraction of sp³-hybridized carbons (Fsp3) is 0.0833. The fourth-order valence-electron chi connectivity index (χ4n) is 3.59. The van der Waals surface area contributed by atoms with Gasteiger partial charge in [-0.15, -0.1) is 4.59 Å². The lowest BCUT2D eigenvalue weighted by Gasteiger charge is -2.26. The molecular formula is C24H21N4O2+. The normalized spacial score (nSPS) is 21.1. The van der Waals surface area contributed by atoms with E-state index in [-0.39, 0.29) is 4.59 Å². The van der Waals surface area contributed by atoms with Crippen molar-refractivity contribution >= 4 is 12.1 Å². The Labute approximate surface area is 174 Å². The lowest BCUT2D eigenvalue weighted by Crippen LogP contribution is -2.53. The zero-order valence-electron chi connectivity index (χ0n) is 16.5. The largest absolute Gasteiger partial charge is 0.497 e. The third-order valence-corrected chi connectivity index (χ3v) is 5.25. The molecule has 5 rings (SSSR count). The molecule has 6 nitrogen and oxygen atoms in total. The molecule has 0 fully saturated rings. The second kappa shape index (κ2) is 7.26. The molecule has 6 heteroatoms. The second-order valence-electron chi connectivity index (χ2n) is 7.17. The van der Waals surface area contributed by atoms with Gasteiger partial charge in [0.05, 0.1) is 25.1 Å². The van der Waals surface area contributed by atoms with Crippen molar-refractivity contribution in [3.8, 4) is 11.5 Å². The lowest BCUT2D eigenvalue weighted by atomic mass is 10.0. The number of benzene rings is 2. The zero-order chi connectivity index (χ0) is 20.6. The zero-order valence-corrected chi connectivity index (χ0v) is 16.5. The number of nitrogens with two attached hydrogens (primary N) is 1. The third kappa shape index (κ3) is 3.08. The molecule has 1 aliphatic carbocycles. The van der Waals surface area contributed by atoms with E-state index < -0.39 is 0 Å². The summed E-state index contributed by atoms with van der Waals surface area (Å²) in [6.45, 7) is 0.439. The predicted octanol–water partition coefficient (Wildman–Crippen LogP) is 3.99. The van der Waals surface area contributed by atoms with Crippen molar-refractivity contribution in [3.05, 3.63) is 107 Å². The van der Waals surface area contributed by atoms with Crippen molar-refractivity contribution in [2.24, 2.45) is 15.8 Å². The summed E-state index contributed by atoms with van der Waals surface area (Å²) in [5.74, 6) is 9.05. The van der Waals surface area contributed by atoms with Crippen LogP contribution >= 0.6 is 0 Å². The Kier molecular flexibility index (Phi) is 4.43. The maximum absolute atomic E-state index is 6.76. The molecule has 0 aromatic heterocycles. The van der Waals surface area contributed by atoms with Gasteiger partial charge in [0.25, 0.3) is 5.84 Å². The Hall–Kier alpha value is -3.74. The number of aliphatic imine (C=N–C) groups is 2. The van der Waals surface area contributed by atoms with Gasteiger partial charge in [-0.05, 0) is 35.9 Å². The summed E-state index contributed by atoms with van der Waals surface area (Å²) in [4.78, 5) is 9.15. The molecule has 2 aromatic rings. The monoisotopic (exact) mass is 397 g/mol. The minimum atomic E-state index is -0.0106. The number of hydrogen-bond donors (Lipinski definition) is 1. The molecule has 0 saturated carbocycles. The third-order valence-electron chi connectivity index (χ3n) is 5.25. The van der Waals surface area contributed by atoms with Gasteiger partial charge in [0, 0.05) is 5.57 Å². The highest BCUT2D eigenvalue weighted by atomic mass is 16.5. The number of nitrogens with zero attached hydrogens (tertiary/aromatic N) is 3. The van der Waals surface area contributed by atoms with Crippen molar-refractivity contribution in [1.82, 2.24) is 0 Å². The van der Waals surface area contributed by atoms with Crippen LogP contribution in [0.1, 0.15) is 11.1 Å². The van der Waals surface area contributed by atoms with E-state index in [0.717, 1.165) is 45.4 Å². The number of hydrogen-bond acceptors (Lipinski definition) is 5. The lowest BCUT2D eigenvalue weighted by molar-refractivity contribution is -0.750. The van der Waals surface area contributed by atoms with Gasteiger partial charge in [0.15, 0.2) is 0 Å². The van der Waals surface area contributed by atoms with Crippen molar-refractivity contribution in [2.75, 3.05) is 7.11 Å². The van der Waals surface area contributed by atoms with Crippen LogP contribution in [0.15, 0.2) is 106 Å². The van der Waals surface area contributed by atoms with E-state index in [2.05, 4.69) is 4.99 Å². The second-order valence-corrected chi connectivity index (χ2v) is 7.17. The Bertz CT molecular complexity index is 1200. The molecule has 2 aliphatic heterocycles. The van der Waals surface area contributed by atoms with Crippen molar-refractivity contribution in [3.63, 3.8) is 0 Å². The summed E-state index contributed by atoms with van der Waals surface area (Å²) >= 11 is 0. The summed E-state index contributed by atoms with van der Waals surface area (Å²) < 4.78 is 11.3. The molecule has 148 valence electrons.